The summed E-state index contributed by atoms with van der Waals surface area (Å²) in [6, 6.07) is -0.914. The molecule has 0 spiro atoms. The molecule has 0 aliphatic heterocycles. The summed E-state index contributed by atoms with van der Waals surface area (Å²) < 4.78 is 1.20. The SMILES string of the molecule is Cn1c(Cl)cnc1CSC(C)(C)[C@H](N)C(=O)O. The van der Waals surface area contributed by atoms with Crippen molar-refractivity contribution in [3.8, 4) is 0 Å². The van der Waals surface area contributed by atoms with E-state index in [0.29, 0.717) is 10.9 Å². The normalized spacial score (nSPS) is 13.7. The number of nitrogens with zero attached hydrogens (tertiary/aromatic N) is 2. The van der Waals surface area contributed by atoms with Crippen molar-refractivity contribution in [1.82, 2.24) is 9.55 Å². The van der Waals surface area contributed by atoms with Crippen LogP contribution in [0.3, 0.4) is 0 Å². The number of nitrogens with two attached hydrogens (primary N) is 1. The molecular formula is C10H16ClN3O2S. The van der Waals surface area contributed by atoms with Crippen LogP contribution < -0.4 is 5.73 Å². The van der Waals surface area contributed by atoms with E-state index in [1.54, 1.807) is 24.6 Å². The summed E-state index contributed by atoms with van der Waals surface area (Å²) in [5.41, 5.74) is 5.63. The molecule has 0 bridgehead atoms. The fourth-order valence-electron chi connectivity index (χ4n) is 1.20. The van der Waals surface area contributed by atoms with Gasteiger partial charge in [0.2, 0.25) is 0 Å². The van der Waals surface area contributed by atoms with Gasteiger partial charge < -0.3 is 15.4 Å². The Kier molecular flexibility index (Phi) is 4.46. The molecule has 1 heterocycles. The van der Waals surface area contributed by atoms with Gasteiger partial charge in [0.15, 0.2) is 0 Å². The standard InChI is InChI=1S/C10H16ClN3O2S/c1-10(2,8(12)9(15)16)17-5-7-13-4-6(11)14(7)3/h4,8H,5,12H2,1-3H3,(H,15,16)/t8-/m1/s1. The summed E-state index contributed by atoms with van der Waals surface area (Å²) >= 11 is 7.31. The van der Waals surface area contributed by atoms with E-state index >= 15 is 0 Å². The van der Waals surface area contributed by atoms with Crippen LogP contribution in [0.4, 0.5) is 0 Å². The Hall–Kier alpha value is -0.720. The molecule has 3 N–H and O–H groups in total. The Bertz CT molecular complexity index is 420. The van der Waals surface area contributed by atoms with E-state index in [0.717, 1.165) is 5.82 Å². The van der Waals surface area contributed by atoms with Gasteiger partial charge in [0, 0.05) is 11.8 Å². The molecule has 5 nitrogen and oxygen atoms in total. The predicted octanol–water partition coefficient (Wildman–Crippen LogP) is 1.50. The molecule has 0 radical (unpaired) electrons. The van der Waals surface area contributed by atoms with E-state index in [2.05, 4.69) is 4.98 Å². The number of aliphatic carboxylic acids is 1. The number of hydrogen-bond acceptors (Lipinski definition) is 4. The van der Waals surface area contributed by atoms with Crippen LogP contribution in [0.25, 0.3) is 0 Å². The Balaban J connectivity index is 2.67. The quantitative estimate of drug-likeness (QED) is 0.852. The molecule has 1 aromatic heterocycles. The fourth-order valence-corrected chi connectivity index (χ4v) is 2.39. The Morgan fingerprint density at radius 2 is 2.35 bits per heavy atom. The van der Waals surface area contributed by atoms with Gasteiger partial charge in [-0.15, -0.1) is 11.8 Å². The lowest BCUT2D eigenvalue weighted by Gasteiger charge is -2.27. The molecule has 0 unspecified atom stereocenters. The third-order valence-electron chi connectivity index (χ3n) is 2.62. The molecule has 1 atom stereocenters. The number of rotatable bonds is 5. The Labute approximate surface area is 109 Å². The predicted molar refractivity (Wildman–Crippen MR) is 69.2 cm³/mol. The van der Waals surface area contributed by atoms with E-state index in [4.69, 9.17) is 22.4 Å². The molecule has 0 aliphatic rings. The highest BCUT2D eigenvalue weighted by Gasteiger charge is 2.32. The second-order valence-corrected chi connectivity index (χ2v) is 6.28. The number of carboxylic acids is 1. The van der Waals surface area contributed by atoms with Crippen molar-refractivity contribution < 1.29 is 9.90 Å². The van der Waals surface area contributed by atoms with Gasteiger partial charge in [0.05, 0.1) is 11.9 Å². The fraction of sp³-hybridized carbons (Fsp3) is 0.600. The van der Waals surface area contributed by atoms with Gasteiger partial charge in [-0.05, 0) is 13.8 Å². The number of thioether (sulfide) groups is 1. The maximum absolute atomic E-state index is 10.8. The van der Waals surface area contributed by atoms with Gasteiger partial charge in [0.25, 0.3) is 0 Å². The molecular weight excluding hydrogens is 262 g/mol. The Morgan fingerprint density at radius 1 is 1.76 bits per heavy atom. The minimum atomic E-state index is -1.000. The number of carboxylic acid groups (broad SMARTS) is 1. The molecule has 0 amide bonds. The van der Waals surface area contributed by atoms with E-state index < -0.39 is 16.8 Å². The summed E-state index contributed by atoms with van der Waals surface area (Å²) in [7, 11) is 1.81. The zero-order chi connectivity index (χ0) is 13.2. The highest BCUT2D eigenvalue weighted by atomic mass is 35.5. The van der Waals surface area contributed by atoms with E-state index in [-0.39, 0.29) is 0 Å². The number of carbonyl (C=O) groups is 1. The topological polar surface area (TPSA) is 81.1 Å². The third-order valence-corrected chi connectivity index (χ3v) is 4.37. The van der Waals surface area contributed by atoms with Gasteiger partial charge in [0.1, 0.15) is 17.0 Å². The Morgan fingerprint density at radius 3 is 2.76 bits per heavy atom. The summed E-state index contributed by atoms with van der Waals surface area (Å²) in [5.74, 6) is 0.364. The molecule has 0 saturated heterocycles. The number of halogens is 1. The van der Waals surface area contributed by atoms with E-state index in [1.165, 1.54) is 11.8 Å². The number of imidazole rings is 1. The number of hydrogen-bond donors (Lipinski definition) is 2. The van der Waals surface area contributed by atoms with Crippen LogP contribution in [0.5, 0.6) is 0 Å². The van der Waals surface area contributed by atoms with Gasteiger partial charge in [-0.2, -0.15) is 0 Å². The third kappa shape index (κ3) is 3.37. The molecule has 96 valence electrons. The lowest BCUT2D eigenvalue weighted by molar-refractivity contribution is -0.139. The maximum Gasteiger partial charge on any atom is 0.321 e. The molecule has 1 aromatic rings. The minimum Gasteiger partial charge on any atom is -0.480 e. The highest BCUT2D eigenvalue weighted by Crippen LogP contribution is 2.30. The van der Waals surface area contributed by atoms with Crippen LogP contribution in [-0.4, -0.2) is 31.4 Å². The second-order valence-electron chi connectivity index (χ2n) is 4.26. The zero-order valence-electron chi connectivity index (χ0n) is 9.98. The van der Waals surface area contributed by atoms with Crippen LogP contribution in [0.2, 0.25) is 5.15 Å². The maximum atomic E-state index is 10.8. The van der Waals surface area contributed by atoms with Gasteiger partial charge in [-0.3, -0.25) is 4.79 Å². The summed E-state index contributed by atoms with van der Waals surface area (Å²) in [5, 5.41) is 9.45. The summed E-state index contributed by atoms with van der Waals surface area (Å²) in [6.07, 6.45) is 1.57. The van der Waals surface area contributed by atoms with Crippen LogP contribution >= 0.6 is 23.4 Å². The minimum absolute atomic E-state index is 0.556. The van der Waals surface area contributed by atoms with Crippen molar-refractivity contribution in [3.05, 3.63) is 17.2 Å². The first-order chi connectivity index (χ1) is 7.75. The smallest absolute Gasteiger partial charge is 0.321 e. The summed E-state index contributed by atoms with van der Waals surface area (Å²) in [6.45, 7) is 3.61. The lowest BCUT2D eigenvalue weighted by atomic mass is 10.1. The molecule has 7 heteroatoms. The van der Waals surface area contributed by atoms with Crippen molar-refractivity contribution in [3.63, 3.8) is 0 Å². The highest BCUT2D eigenvalue weighted by molar-refractivity contribution is 7.99. The molecule has 0 saturated carbocycles. The monoisotopic (exact) mass is 277 g/mol. The molecule has 0 aromatic carbocycles. The van der Waals surface area contributed by atoms with Crippen LogP contribution in [0, 0.1) is 0 Å². The summed E-state index contributed by atoms with van der Waals surface area (Å²) in [4.78, 5) is 15.0. The first kappa shape index (κ1) is 14.3. The van der Waals surface area contributed by atoms with E-state index in [1.807, 2.05) is 7.05 Å². The van der Waals surface area contributed by atoms with Gasteiger partial charge in [-0.1, -0.05) is 11.6 Å². The van der Waals surface area contributed by atoms with Crippen LogP contribution in [0.1, 0.15) is 19.7 Å². The van der Waals surface area contributed by atoms with Crippen LogP contribution in [-0.2, 0) is 17.6 Å². The van der Waals surface area contributed by atoms with Crippen molar-refractivity contribution in [2.75, 3.05) is 0 Å². The molecule has 1 rings (SSSR count). The lowest BCUT2D eigenvalue weighted by Crippen LogP contribution is -2.46. The van der Waals surface area contributed by atoms with Crippen molar-refractivity contribution in [2.24, 2.45) is 12.8 Å². The largest absolute Gasteiger partial charge is 0.480 e. The van der Waals surface area contributed by atoms with Crippen molar-refractivity contribution >= 4 is 29.3 Å². The average Bonchev–Trinajstić information content (AvgIpc) is 2.56. The average molecular weight is 278 g/mol. The van der Waals surface area contributed by atoms with Gasteiger partial charge >= 0.3 is 5.97 Å². The van der Waals surface area contributed by atoms with Crippen molar-refractivity contribution in [2.45, 2.75) is 30.4 Å². The van der Waals surface area contributed by atoms with Gasteiger partial charge in [-0.25, -0.2) is 4.98 Å². The second kappa shape index (κ2) is 5.29. The first-order valence-corrected chi connectivity index (χ1v) is 6.40. The first-order valence-electron chi connectivity index (χ1n) is 5.04. The molecule has 17 heavy (non-hydrogen) atoms. The molecule has 0 aliphatic carbocycles. The van der Waals surface area contributed by atoms with E-state index in [9.17, 15) is 4.79 Å². The van der Waals surface area contributed by atoms with Crippen molar-refractivity contribution in [1.29, 1.82) is 0 Å². The molecule has 0 fully saturated rings. The van der Waals surface area contributed by atoms with Crippen LogP contribution in [0.15, 0.2) is 6.20 Å². The zero-order valence-corrected chi connectivity index (χ0v) is 11.5. The number of aromatic nitrogens is 2.